The fourth-order valence-electron chi connectivity index (χ4n) is 6.62. The molecular weight excluding hydrogens is 534 g/mol. The van der Waals surface area contributed by atoms with Gasteiger partial charge in [-0.3, -0.25) is 0 Å². The molecule has 0 amide bonds. The Bertz CT molecular complexity index is 2460. The quantitative estimate of drug-likeness (QED) is 0.209. The lowest BCUT2D eigenvalue weighted by atomic mass is 10.00. The Morgan fingerprint density at radius 3 is 1.57 bits per heavy atom. The summed E-state index contributed by atoms with van der Waals surface area (Å²) in [6, 6.07) is 58.6. The number of hydrogen-bond donors (Lipinski definition) is 0. The third kappa shape index (κ3) is 3.96. The number of fused-ring (bicyclic) bond motifs is 6. The van der Waals surface area contributed by atoms with E-state index >= 15 is 0 Å². The number of furan rings is 1. The maximum absolute atomic E-state index is 6.08. The summed E-state index contributed by atoms with van der Waals surface area (Å²) >= 11 is 0. The molecule has 0 N–H and O–H groups in total. The van der Waals surface area contributed by atoms with Gasteiger partial charge in [-0.1, -0.05) is 115 Å². The van der Waals surface area contributed by atoms with Crippen molar-refractivity contribution in [2.24, 2.45) is 0 Å². The van der Waals surface area contributed by atoms with Gasteiger partial charge in [0.15, 0.2) is 0 Å². The van der Waals surface area contributed by atoms with Crippen molar-refractivity contribution in [1.29, 1.82) is 0 Å². The summed E-state index contributed by atoms with van der Waals surface area (Å²) in [6.45, 7) is 0. The van der Waals surface area contributed by atoms with Crippen LogP contribution in [0.2, 0.25) is 0 Å². The molecule has 2 heteroatoms. The maximum atomic E-state index is 6.08. The van der Waals surface area contributed by atoms with E-state index < -0.39 is 0 Å². The highest BCUT2D eigenvalue weighted by Gasteiger charge is 2.14. The first kappa shape index (κ1) is 24.7. The summed E-state index contributed by atoms with van der Waals surface area (Å²) in [4.78, 5) is 0. The van der Waals surface area contributed by atoms with Crippen molar-refractivity contribution in [1.82, 2.24) is 4.57 Å². The van der Waals surface area contributed by atoms with Gasteiger partial charge in [-0.25, -0.2) is 0 Å². The van der Waals surface area contributed by atoms with Crippen LogP contribution in [0.15, 0.2) is 168 Å². The second-order valence-electron chi connectivity index (χ2n) is 11.4. The SMILES string of the molecule is c1ccc(-c2ccc(-c3ccc(-n4c5ccccc5c5cc(-c6ccc7oc8ccccc8c7c6)ccc54)cc3)cc2)cc1. The van der Waals surface area contributed by atoms with Crippen LogP contribution in [0, 0.1) is 0 Å². The van der Waals surface area contributed by atoms with E-state index in [1.165, 1.54) is 55.2 Å². The Balaban J connectivity index is 1.11. The number of rotatable bonds is 4. The Morgan fingerprint density at radius 2 is 0.818 bits per heavy atom. The minimum atomic E-state index is 0.920. The molecule has 0 spiro atoms. The first-order chi connectivity index (χ1) is 21.8. The first-order valence-corrected chi connectivity index (χ1v) is 15.0. The number of benzene rings is 7. The summed E-state index contributed by atoms with van der Waals surface area (Å²) in [6.07, 6.45) is 0. The van der Waals surface area contributed by atoms with Gasteiger partial charge in [0, 0.05) is 27.2 Å². The molecule has 0 aliphatic carbocycles. The average molecular weight is 562 g/mol. The molecule has 2 nitrogen and oxygen atoms in total. The lowest BCUT2D eigenvalue weighted by Gasteiger charge is -2.10. The lowest BCUT2D eigenvalue weighted by Crippen LogP contribution is -1.93. The zero-order chi connectivity index (χ0) is 29.0. The Hall–Kier alpha value is -5.86. The van der Waals surface area contributed by atoms with Gasteiger partial charge in [0.05, 0.1) is 11.0 Å². The van der Waals surface area contributed by atoms with Crippen LogP contribution in [-0.4, -0.2) is 4.57 Å². The van der Waals surface area contributed by atoms with Gasteiger partial charge in [0.25, 0.3) is 0 Å². The van der Waals surface area contributed by atoms with E-state index in [2.05, 4.69) is 156 Å². The van der Waals surface area contributed by atoms with Crippen molar-refractivity contribution < 1.29 is 4.42 Å². The van der Waals surface area contributed by atoms with Crippen molar-refractivity contribution in [2.75, 3.05) is 0 Å². The molecule has 0 radical (unpaired) electrons. The Morgan fingerprint density at radius 1 is 0.318 bits per heavy atom. The fourth-order valence-corrected chi connectivity index (χ4v) is 6.62. The number of nitrogens with zero attached hydrogens (tertiary/aromatic N) is 1. The van der Waals surface area contributed by atoms with Crippen LogP contribution in [0.3, 0.4) is 0 Å². The third-order valence-corrected chi connectivity index (χ3v) is 8.83. The van der Waals surface area contributed by atoms with Crippen LogP contribution in [0.5, 0.6) is 0 Å². The Labute approximate surface area is 255 Å². The molecule has 206 valence electrons. The number of para-hydroxylation sites is 2. The molecule has 9 rings (SSSR count). The van der Waals surface area contributed by atoms with E-state index in [0.29, 0.717) is 0 Å². The fraction of sp³-hybridized carbons (Fsp3) is 0. The average Bonchev–Trinajstić information content (AvgIpc) is 3.64. The highest BCUT2D eigenvalue weighted by Crippen LogP contribution is 2.37. The zero-order valence-electron chi connectivity index (χ0n) is 23.9. The van der Waals surface area contributed by atoms with E-state index in [4.69, 9.17) is 4.42 Å². The van der Waals surface area contributed by atoms with Gasteiger partial charge in [-0.2, -0.15) is 0 Å². The summed E-state index contributed by atoms with van der Waals surface area (Å²) in [5.74, 6) is 0. The minimum Gasteiger partial charge on any atom is -0.456 e. The second-order valence-corrected chi connectivity index (χ2v) is 11.4. The third-order valence-electron chi connectivity index (χ3n) is 8.83. The van der Waals surface area contributed by atoms with Crippen LogP contribution in [0.1, 0.15) is 0 Å². The molecule has 2 heterocycles. The van der Waals surface area contributed by atoms with Gasteiger partial charge in [-0.05, 0) is 81.9 Å². The minimum absolute atomic E-state index is 0.920. The molecule has 0 atom stereocenters. The van der Waals surface area contributed by atoms with Gasteiger partial charge in [0.1, 0.15) is 11.2 Å². The van der Waals surface area contributed by atoms with Crippen molar-refractivity contribution in [3.8, 4) is 39.1 Å². The largest absolute Gasteiger partial charge is 0.456 e. The normalized spacial score (nSPS) is 11.6. The maximum Gasteiger partial charge on any atom is 0.135 e. The predicted octanol–water partition coefficient (Wildman–Crippen LogP) is 11.7. The number of hydrogen-bond acceptors (Lipinski definition) is 1. The second kappa shape index (κ2) is 9.86. The van der Waals surface area contributed by atoms with Crippen LogP contribution < -0.4 is 0 Å². The molecule has 44 heavy (non-hydrogen) atoms. The molecule has 0 saturated heterocycles. The molecule has 2 aromatic heterocycles. The highest BCUT2D eigenvalue weighted by atomic mass is 16.3. The molecule has 0 fully saturated rings. The van der Waals surface area contributed by atoms with E-state index in [1.54, 1.807) is 0 Å². The van der Waals surface area contributed by atoms with Gasteiger partial charge < -0.3 is 8.98 Å². The topological polar surface area (TPSA) is 18.1 Å². The molecule has 0 aliphatic heterocycles. The van der Waals surface area contributed by atoms with Crippen molar-refractivity contribution in [3.05, 3.63) is 164 Å². The van der Waals surface area contributed by atoms with E-state index in [1.807, 2.05) is 12.1 Å². The molecule has 9 aromatic rings. The number of aromatic nitrogens is 1. The summed E-state index contributed by atoms with van der Waals surface area (Å²) < 4.78 is 8.46. The highest BCUT2D eigenvalue weighted by molar-refractivity contribution is 6.11. The molecule has 0 saturated carbocycles. The molecule has 0 unspecified atom stereocenters. The van der Waals surface area contributed by atoms with Gasteiger partial charge in [-0.15, -0.1) is 0 Å². The summed E-state index contributed by atoms with van der Waals surface area (Å²) in [7, 11) is 0. The molecule has 0 bridgehead atoms. The van der Waals surface area contributed by atoms with Crippen LogP contribution >= 0.6 is 0 Å². The van der Waals surface area contributed by atoms with E-state index in [-0.39, 0.29) is 0 Å². The molecular formula is C42H27NO. The summed E-state index contributed by atoms with van der Waals surface area (Å²) in [5, 5.41) is 4.80. The van der Waals surface area contributed by atoms with Crippen molar-refractivity contribution in [3.63, 3.8) is 0 Å². The van der Waals surface area contributed by atoms with E-state index in [0.717, 1.165) is 27.6 Å². The van der Waals surface area contributed by atoms with Crippen molar-refractivity contribution >= 4 is 43.7 Å². The van der Waals surface area contributed by atoms with Crippen LogP contribution in [0.4, 0.5) is 0 Å². The van der Waals surface area contributed by atoms with Crippen LogP contribution in [-0.2, 0) is 0 Å². The monoisotopic (exact) mass is 561 g/mol. The molecule has 7 aromatic carbocycles. The van der Waals surface area contributed by atoms with E-state index in [9.17, 15) is 0 Å². The van der Waals surface area contributed by atoms with Gasteiger partial charge in [0.2, 0.25) is 0 Å². The van der Waals surface area contributed by atoms with Crippen molar-refractivity contribution in [2.45, 2.75) is 0 Å². The van der Waals surface area contributed by atoms with Gasteiger partial charge >= 0.3 is 0 Å². The smallest absolute Gasteiger partial charge is 0.135 e. The summed E-state index contributed by atoms with van der Waals surface area (Å²) in [5.41, 5.74) is 12.7. The standard InChI is InChI=1S/C42H27NO/c1-2-8-28(9-3-1)29-14-16-30(17-15-29)31-18-22-34(23-19-31)43-39-12-6-4-10-35(39)37-26-32(20-24-40(37)43)33-21-25-42-38(27-33)36-11-5-7-13-41(36)44-42/h1-27H. The zero-order valence-corrected chi connectivity index (χ0v) is 23.9. The van der Waals surface area contributed by atoms with Crippen LogP contribution in [0.25, 0.3) is 82.8 Å². The predicted molar refractivity (Wildman–Crippen MR) is 184 cm³/mol. The first-order valence-electron chi connectivity index (χ1n) is 15.0. The molecule has 0 aliphatic rings. The lowest BCUT2D eigenvalue weighted by molar-refractivity contribution is 0.669. The Kier molecular flexibility index (Phi) is 5.54.